The first-order chi connectivity index (χ1) is 9.66. The minimum absolute atomic E-state index is 0.189. The monoisotopic (exact) mass is 277 g/mol. The van der Waals surface area contributed by atoms with E-state index >= 15 is 0 Å². The molecule has 2 N–H and O–H groups in total. The lowest BCUT2D eigenvalue weighted by Crippen LogP contribution is -2.38. The second-order valence-corrected chi connectivity index (χ2v) is 4.96. The zero-order valence-corrected chi connectivity index (χ0v) is 11.2. The molecule has 0 bridgehead atoms. The Labute approximate surface area is 117 Å². The van der Waals surface area contributed by atoms with Gasteiger partial charge in [0.25, 0.3) is 0 Å². The van der Waals surface area contributed by atoms with E-state index in [1.54, 1.807) is 0 Å². The minimum atomic E-state index is -0.972. The summed E-state index contributed by atoms with van der Waals surface area (Å²) >= 11 is 0. The lowest BCUT2D eigenvalue weighted by atomic mass is 9.95. The highest BCUT2D eigenvalue weighted by atomic mass is 16.5. The van der Waals surface area contributed by atoms with Crippen molar-refractivity contribution in [2.45, 2.75) is 31.9 Å². The molecule has 2 atom stereocenters. The van der Waals surface area contributed by atoms with Crippen LogP contribution in [0.1, 0.15) is 24.8 Å². The molecule has 5 heteroatoms. The van der Waals surface area contributed by atoms with E-state index in [0.717, 1.165) is 18.4 Å². The molecule has 0 saturated carbocycles. The Bertz CT molecular complexity index is 454. The number of carboxylic acid groups (broad SMARTS) is 1. The molecule has 20 heavy (non-hydrogen) atoms. The van der Waals surface area contributed by atoms with Crippen LogP contribution in [-0.2, 0) is 20.9 Å². The normalized spacial score (nSPS) is 19.5. The van der Waals surface area contributed by atoms with Crippen LogP contribution in [0.4, 0.5) is 0 Å². The highest BCUT2D eigenvalue weighted by Gasteiger charge is 2.33. The van der Waals surface area contributed by atoms with Gasteiger partial charge in [0.05, 0.1) is 18.4 Å². The first-order valence-corrected chi connectivity index (χ1v) is 6.82. The average molecular weight is 277 g/mol. The second-order valence-electron chi connectivity index (χ2n) is 4.96. The molecule has 0 radical (unpaired) electrons. The van der Waals surface area contributed by atoms with E-state index in [9.17, 15) is 9.59 Å². The van der Waals surface area contributed by atoms with Crippen molar-refractivity contribution < 1.29 is 19.4 Å². The molecule has 1 aliphatic heterocycles. The van der Waals surface area contributed by atoms with Gasteiger partial charge in [-0.3, -0.25) is 9.59 Å². The molecule has 1 aliphatic rings. The number of benzene rings is 1. The lowest BCUT2D eigenvalue weighted by Gasteiger charge is -2.20. The molecule has 108 valence electrons. The molecule has 0 aliphatic carbocycles. The molecule has 1 aromatic carbocycles. The number of carbonyl (C=O) groups is 2. The Hall–Kier alpha value is -1.88. The van der Waals surface area contributed by atoms with Gasteiger partial charge in [-0.05, 0) is 18.4 Å². The van der Waals surface area contributed by atoms with Crippen LogP contribution in [-0.4, -0.2) is 29.7 Å². The van der Waals surface area contributed by atoms with Gasteiger partial charge in [0.1, 0.15) is 0 Å². The summed E-state index contributed by atoms with van der Waals surface area (Å²) in [5.74, 6) is -1.83. The number of rotatable bonds is 6. The quantitative estimate of drug-likeness (QED) is 0.827. The number of hydrogen-bond donors (Lipinski definition) is 2. The lowest BCUT2D eigenvalue weighted by molar-refractivity contribution is -0.144. The smallest absolute Gasteiger partial charge is 0.304 e. The number of carboxylic acids is 1. The van der Waals surface area contributed by atoms with Gasteiger partial charge in [-0.2, -0.15) is 0 Å². The summed E-state index contributed by atoms with van der Waals surface area (Å²) in [6.07, 6.45) is 1.16. The van der Waals surface area contributed by atoms with Crippen LogP contribution in [0, 0.1) is 5.92 Å². The Morgan fingerprint density at radius 2 is 2.10 bits per heavy atom. The SMILES string of the molecule is O=C(O)C[C@@H](C(=O)NCc1ccccc1)[C@@H]1CCCO1. The van der Waals surface area contributed by atoms with Gasteiger partial charge in [-0.1, -0.05) is 30.3 Å². The van der Waals surface area contributed by atoms with Gasteiger partial charge >= 0.3 is 5.97 Å². The van der Waals surface area contributed by atoms with E-state index in [1.807, 2.05) is 30.3 Å². The van der Waals surface area contributed by atoms with E-state index in [2.05, 4.69) is 5.32 Å². The summed E-state index contributed by atoms with van der Waals surface area (Å²) in [6.45, 7) is 1.01. The van der Waals surface area contributed by atoms with E-state index in [-0.39, 0.29) is 18.4 Å². The van der Waals surface area contributed by atoms with Gasteiger partial charge < -0.3 is 15.2 Å². The maximum Gasteiger partial charge on any atom is 0.304 e. The molecule has 0 unspecified atom stereocenters. The number of hydrogen-bond acceptors (Lipinski definition) is 3. The van der Waals surface area contributed by atoms with Crippen molar-refractivity contribution in [3.8, 4) is 0 Å². The molecule has 1 amide bonds. The molecule has 1 heterocycles. The van der Waals surface area contributed by atoms with Crippen molar-refractivity contribution in [2.24, 2.45) is 5.92 Å². The van der Waals surface area contributed by atoms with Crippen LogP contribution < -0.4 is 5.32 Å². The highest BCUT2D eigenvalue weighted by molar-refractivity contribution is 5.83. The fraction of sp³-hybridized carbons (Fsp3) is 0.467. The minimum Gasteiger partial charge on any atom is -0.481 e. The summed E-state index contributed by atoms with van der Waals surface area (Å²) in [5.41, 5.74) is 0.988. The number of ether oxygens (including phenoxy) is 1. The summed E-state index contributed by atoms with van der Waals surface area (Å²) in [5, 5.41) is 11.7. The maximum absolute atomic E-state index is 12.2. The Kier molecular flexibility index (Phi) is 5.12. The number of carbonyl (C=O) groups excluding carboxylic acids is 1. The van der Waals surface area contributed by atoms with Gasteiger partial charge in [-0.25, -0.2) is 0 Å². The third-order valence-corrected chi connectivity index (χ3v) is 3.45. The largest absolute Gasteiger partial charge is 0.481 e. The molecule has 5 nitrogen and oxygen atoms in total. The highest BCUT2D eigenvalue weighted by Crippen LogP contribution is 2.23. The van der Waals surface area contributed by atoms with Crippen molar-refractivity contribution >= 4 is 11.9 Å². The molecule has 0 aromatic heterocycles. The number of aliphatic carboxylic acids is 1. The Morgan fingerprint density at radius 1 is 1.35 bits per heavy atom. The van der Waals surface area contributed by atoms with E-state index < -0.39 is 11.9 Å². The standard InChI is InChI=1S/C15H19NO4/c17-14(18)9-12(13-7-4-8-20-13)15(19)16-10-11-5-2-1-3-6-11/h1-3,5-6,12-13H,4,7-10H2,(H,16,19)(H,17,18)/t12-,13+/m1/s1. The molecule has 1 fully saturated rings. The second kappa shape index (κ2) is 7.05. The number of nitrogens with one attached hydrogen (secondary N) is 1. The zero-order valence-electron chi connectivity index (χ0n) is 11.2. The first kappa shape index (κ1) is 14.5. The topological polar surface area (TPSA) is 75.6 Å². The summed E-state index contributed by atoms with van der Waals surface area (Å²) in [4.78, 5) is 23.1. The number of amides is 1. The van der Waals surface area contributed by atoms with Crippen LogP contribution >= 0.6 is 0 Å². The van der Waals surface area contributed by atoms with Crippen LogP contribution in [0.25, 0.3) is 0 Å². The summed E-state index contributed by atoms with van der Waals surface area (Å²) in [7, 11) is 0. The molecule has 1 saturated heterocycles. The summed E-state index contributed by atoms with van der Waals surface area (Å²) in [6, 6.07) is 9.54. The Morgan fingerprint density at radius 3 is 2.70 bits per heavy atom. The van der Waals surface area contributed by atoms with E-state index in [4.69, 9.17) is 9.84 Å². The van der Waals surface area contributed by atoms with E-state index in [0.29, 0.717) is 13.2 Å². The van der Waals surface area contributed by atoms with Gasteiger partial charge in [0, 0.05) is 13.2 Å². The van der Waals surface area contributed by atoms with Gasteiger partial charge in [0.15, 0.2) is 0 Å². The van der Waals surface area contributed by atoms with Crippen LogP contribution in [0.3, 0.4) is 0 Å². The third-order valence-electron chi connectivity index (χ3n) is 3.45. The molecule has 1 aromatic rings. The zero-order chi connectivity index (χ0) is 14.4. The first-order valence-electron chi connectivity index (χ1n) is 6.82. The van der Waals surface area contributed by atoms with Crippen molar-refractivity contribution in [3.05, 3.63) is 35.9 Å². The van der Waals surface area contributed by atoms with Crippen molar-refractivity contribution in [1.82, 2.24) is 5.32 Å². The third kappa shape index (κ3) is 4.06. The summed E-state index contributed by atoms with van der Waals surface area (Å²) < 4.78 is 5.46. The van der Waals surface area contributed by atoms with Crippen LogP contribution in [0.2, 0.25) is 0 Å². The average Bonchev–Trinajstić information content (AvgIpc) is 2.97. The molecular weight excluding hydrogens is 258 g/mol. The van der Waals surface area contributed by atoms with Gasteiger partial charge in [-0.15, -0.1) is 0 Å². The van der Waals surface area contributed by atoms with Crippen molar-refractivity contribution in [3.63, 3.8) is 0 Å². The fourth-order valence-electron chi connectivity index (χ4n) is 2.42. The Balaban J connectivity index is 1.93. The van der Waals surface area contributed by atoms with Crippen LogP contribution in [0.5, 0.6) is 0 Å². The van der Waals surface area contributed by atoms with Crippen molar-refractivity contribution in [1.29, 1.82) is 0 Å². The van der Waals surface area contributed by atoms with E-state index in [1.165, 1.54) is 0 Å². The predicted octanol–water partition coefficient (Wildman–Crippen LogP) is 1.57. The predicted molar refractivity (Wildman–Crippen MR) is 73.0 cm³/mol. The maximum atomic E-state index is 12.2. The van der Waals surface area contributed by atoms with Gasteiger partial charge in [0.2, 0.25) is 5.91 Å². The molecule has 0 spiro atoms. The van der Waals surface area contributed by atoms with Crippen LogP contribution in [0.15, 0.2) is 30.3 Å². The van der Waals surface area contributed by atoms with Crippen molar-refractivity contribution in [2.75, 3.05) is 6.61 Å². The fourth-order valence-corrected chi connectivity index (χ4v) is 2.42. The molecule has 2 rings (SSSR count). The molecular formula is C15H19NO4.